The van der Waals surface area contributed by atoms with Gasteiger partial charge in [0, 0.05) is 112 Å². The van der Waals surface area contributed by atoms with Gasteiger partial charge >= 0.3 is 0 Å². The van der Waals surface area contributed by atoms with Gasteiger partial charge in [-0.3, -0.25) is 13.7 Å². The van der Waals surface area contributed by atoms with Gasteiger partial charge in [0.1, 0.15) is 18.0 Å². The zero-order valence-electron chi connectivity index (χ0n) is 96.2. The van der Waals surface area contributed by atoms with E-state index in [2.05, 4.69) is 115 Å². The number of pyridine rings is 2. The fourth-order valence-electron chi connectivity index (χ4n) is 22.8. The fraction of sp³-hybridized carbons (Fsp3) is 0.0682. The molecule has 686 valence electrons. The molecule has 14 nitrogen and oxygen atoms in total. The Kier molecular flexibility index (Phi) is 16.0. The molecule has 1 aliphatic carbocycles. The number of nitrogens with zero attached hydrogens (tertiary/aromatic N) is 14. The summed E-state index contributed by atoms with van der Waals surface area (Å²) in [5.41, 5.74) is 22.2. The van der Waals surface area contributed by atoms with E-state index in [-0.39, 0.29) is 67.9 Å². The summed E-state index contributed by atoms with van der Waals surface area (Å²) >= 11 is 0. The molecule has 14 heteroatoms. The Morgan fingerprint density at radius 1 is 0.247 bits per heavy atom. The molecule has 0 saturated heterocycles. The van der Waals surface area contributed by atoms with E-state index in [1.54, 1.807) is 97.1 Å². The van der Waals surface area contributed by atoms with Crippen LogP contribution in [0.15, 0.2) is 382 Å². The summed E-state index contributed by atoms with van der Waals surface area (Å²) in [7, 11) is 0. The van der Waals surface area contributed by atoms with E-state index in [1.807, 2.05) is 238 Å². The van der Waals surface area contributed by atoms with Crippen LogP contribution in [0.3, 0.4) is 0 Å². The number of aryl methyl sites for hydroxylation is 8. The van der Waals surface area contributed by atoms with Crippen molar-refractivity contribution in [1.29, 1.82) is 10.5 Å². The van der Waals surface area contributed by atoms with Crippen molar-refractivity contribution in [2.75, 3.05) is 0 Å². The highest BCUT2D eigenvalue weighted by Crippen LogP contribution is 2.55. The van der Waals surface area contributed by atoms with Crippen LogP contribution in [0.2, 0.25) is 0 Å². The molecule has 0 saturated carbocycles. The lowest BCUT2D eigenvalue weighted by Gasteiger charge is -2.24. The van der Waals surface area contributed by atoms with Crippen molar-refractivity contribution in [3.63, 3.8) is 0 Å². The van der Waals surface area contributed by atoms with Gasteiger partial charge in [-0.1, -0.05) is 299 Å². The minimum atomic E-state index is -2.36. The van der Waals surface area contributed by atoms with E-state index in [1.165, 1.54) is 0 Å². The summed E-state index contributed by atoms with van der Waals surface area (Å²) in [4.78, 5) is 23.7. The highest BCUT2D eigenvalue weighted by molar-refractivity contribution is 6.19. The second kappa shape index (κ2) is 33.8. The third kappa shape index (κ3) is 13.1. The first-order valence-electron chi connectivity index (χ1n) is 56.6. The van der Waals surface area contributed by atoms with E-state index in [0.29, 0.717) is 111 Å². The minimum absolute atomic E-state index is 0.157. The SMILES string of the molecule is [2H]C([2H])([2H])c1ccc2c(c1)-c1ccccc1C2c1ccc([N+]#[C-])c(-n2c3ccccc3c3cc(C([2H])([2H])[2H])ccc32)c1C#N.[2H]C([2H])([2H])c1ccc2c(c1)c1ccccc1n2-c1nc(-n2c3ccccc3c3cc(C([2H])([2H])[2H])ccc32)c(-n2c3ccccc3c3cc(C)ccc32)c([N+]#[C-])c1-n1c2ccccc2c2cc(C)ccc21.[2H]C([2H])([2H])c1ccc2c(c1)c1ccccc1n2-c1nc(-n2c3ccccc3c3cc(C([2H])([2H])[2H])ccc32)c([N+]#[C-])c(-c2ccccc2)c1C#N. The predicted molar refractivity (Wildman–Crippen MR) is 600 cm³/mol. The Labute approximate surface area is 866 Å². The molecule has 1 aliphatic rings. The average Bonchev–Trinajstić information content (AvgIpc) is 1.53. The van der Waals surface area contributed by atoms with E-state index >= 15 is 0 Å². The van der Waals surface area contributed by atoms with E-state index in [9.17, 15) is 17.1 Å². The lowest BCUT2D eigenvalue weighted by molar-refractivity contribution is 0.964. The lowest BCUT2D eigenvalue weighted by atomic mass is 9.85. The van der Waals surface area contributed by atoms with Gasteiger partial charge in [0.2, 0.25) is 17.1 Å². The molecular weight excluding hydrogens is 1780 g/mol. The molecule has 0 amide bonds. The van der Waals surface area contributed by atoms with Gasteiger partial charge < -0.3 is 18.3 Å². The monoisotopic (exact) mass is 1890 g/mol. The van der Waals surface area contributed by atoms with E-state index < -0.39 is 41.1 Å². The van der Waals surface area contributed by atoms with Crippen LogP contribution in [0.4, 0.5) is 17.1 Å². The summed E-state index contributed by atoms with van der Waals surface area (Å²) in [6, 6.07) is 124. The van der Waals surface area contributed by atoms with Crippen molar-refractivity contribution < 1.29 is 24.7 Å². The van der Waals surface area contributed by atoms with Crippen LogP contribution in [-0.4, -0.2) is 41.9 Å². The van der Waals surface area contributed by atoms with Crippen molar-refractivity contribution in [2.45, 2.75) is 60.9 Å². The average molecular weight is 1890 g/mol. The third-order valence-corrected chi connectivity index (χ3v) is 28.8. The second-order valence-electron chi connectivity index (χ2n) is 37.0. The summed E-state index contributed by atoms with van der Waals surface area (Å²) in [6.45, 7) is 16.5. The number of nitriles is 2. The van der Waals surface area contributed by atoms with Crippen LogP contribution in [0.5, 0.6) is 0 Å². The van der Waals surface area contributed by atoms with Crippen molar-refractivity contribution in [2.24, 2.45) is 0 Å². The van der Waals surface area contributed by atoms with Crippen molar-refractivity contribution in [1.82, 2.24) is 41.9 Å². The number of hydrogen-bond donors (Lipinski definition) is 0. The molecule has 0 aliphatic heterocycles. The van der Waals surface area contributed by atoms with Gasteiger partial charge in [-0.25, -0.2) is 24.5 Å². The number of benzene rings is 18. The molecule has 0 fully saturated rings. The van der Waals surface area contributed by atoms with Gasteiger partial charge in [0.25, 0.3) is 0 Å². The summed E-state index contributed by atoms with van der Waals surface area (Å²) in [5.74, 6) is 1.07. The maximum absolute atomic E-state index is 10.9. The molecule has 0 bridgehead atoms. The van der Waals surface area contributed by atoms with Gasteiger partial charge in [0.05, 0.1) is 125 Å². The highest BCUT2D eigenvalue weighted by atomic mass is 15.2. The molecule has 28 rings (SSSR count). The first-order chi connectivity index (χ1) is 78.8. The Morgan fingerprint density at radius 3 is 0.911 bits per heavy atom. The zero-order valence-corrected chi connectivity index (χ0v) is 78.2. The van der Waals surface area contributed by atoms with Gasteiger partial charge in [-0.15, -0.1) is 0 Å². The quantitative estimate of drug-likeness (QED) is 0.134. The van der Waals surface area contributed by atoms with Crippen LogP contribution in [-0.2, 0) is 0 Å². The zero-order chi connectivity index (χ0) is 114. The molecule has 9 aromatic heterocycles. The first-order valence-corrected chi connectivity index (χ1v) is 47.6. The maximum Gasteiger partial charge on any atom is 0.241 e. The number of aromatic nitrogens is 9. The van der Waals surface area contributed by atoms with Gasteiger partial charge in [0.15, 0.2) is 17.5 Å². The smallest absolute Gasteiger partial charge is 0.241 e. The third-order valence-electron chi connectivity index (χ3n) is 28.8. The Hall–Kier alpha value is -19.7. The number of fused-ring (bicyclic) bond motifs is 24. The molecule has 146 heavy (non-hydrogen) atoms. The van der Waals surface area contributed by atoms with E-state index in [4.69, 9.17) is 52.6 Å². The lowest BCUT2D eigenvalue weighted by Crippen LogP contribution is -2.14. The summed E-state index contributed by atoms with van der Waals surface area (Å²) in [5, 5.41) is 33.4. The fourth-order valence-corrected chi connectivity index (χ4v) is 22.8. The van der Waals surface area contributed by atoms with Crippen molar-refractivity contribution in [3.05, 3.63) is 489 Å². The van der Waals surface area contributed by atoms with Crippen molar-refractivity contribution in [3.8, 4) is 74.7 Å². The molecule has 0 N–H and O–H groups in total. The van der Waals surface area contributed by atoms with Gasteiger partial charge in [-0.05, 0) is 216 Å². The van der Waals surface area contributed by atoms with Gasteiger partial charge in [-0.2, -0.15) is 10.5 Å². The van der Waals surface area contributed by atoms with Crippen molar-refractivity contribution >= 4 is 170 Å². The van der Waals surface area contributed by atoms with Crippen LogP contribution in [0.25, 0.3) is 230 Å². The maximum atomic E-state index is 10.9. The number of hydrogen-bond acceptors (Lipinski definition) is 4. The number of rotatable bonds is 9. The number of para-hydroxylation sites is 7. The molecule has 9 heterocycles. The largest absolute Gasteiger partial charge is 0.318 e. The molecular formula is C132H88N14. The molecule has 1 atom stereocenters. The molecule has 18 aromatic carbocycles. The predicted octanol–water partition coefficient (Wildman–Crippen LogP) is 34.2. The summed E-state index contributed by atoms with van der Waals surface area (Å²) < 4.78 is 161. The van der Waals surface area contributed by atoms with Crippen LogP contribution < -0.4 is 0 Å². The standard InChI is InChI=1S/C58H40N6.C39H25N5.C35H23N3/c1-34-22-26-50-42(30-34)38-14-6-10-18-46(38)61(50)55-54(59-5)56(62-47-19-11-7-15-39(47)43-31-35(2)23-27-51(43)62)58(64-49-21-13-9-17-41(49)45-33-37(4)25-29-53(45)64)60-57(55)63-48-20-12-8-16-40(48)44-32-36(3)24-28-52(44)63;1-24-17-19-34-29(21-24)27-13-7-9-15-32(27)43(34)38-31(23-40)36(26-11-5-4-6-12-26)37(41-3)39(42-38)44-33-16-10-8-14-28(33)30-22-25(2)18-20-35(30)44;1-21-12-14-26-28(18-21)23-8-4-5-10-25(23)34(26)27-15-16-31(37-3)35(30(27)20-36)38-32-11-7-6-9-24(32)29-19-22(2)13-17-33(29)38/h6-33H,1-4H3;4-22H,1-2H3;4-19,34H,1-2H3/i3D3,4D3;2*1D3,2D3. The molecule has 0 radical (unpaired) electrons. The molecule has 27 aromatic rings. The van der Waals surface area contributed by atoms with Crippen LogP contribution >= 0.6 is 0 Å². The van der Waals surface area contributed by atoms with Crippen LogP contribution in [0.1, 0.15) is 103 Å². The Bertz CT molecular complexity index is 11000. The first kappa shape index (κ1) is 69.2. The Morgan fingerprint density at radius 2 is 0.534 bits per heavy atom. The van der Waals surface area contributed by atoms with Crippen LogP contribution in [0, 0.1) is 97.3 Å². The second-order valence-corrected chi connectivity index (χ2v) is 37.0. The highest BCUT2D eigenvalue weighted by Gasteiger charge is 2.37. The molecule has 1 unspecified atom stereocenters. The normalized spacial score (nSPS) is 14.6. The Balaban J connectivity index is 0.000000125. The topological polar surface area (TPSA) is 121 Å². The molecule has 0 spiro atoms. The summed E-state index contributed by atoms with van der Waals surface area (Å²) in [6.07, 6.45) is 0. The minimum Gasteiger partial charge on any atom is -0.318 e. The van der Waals surface area contributed by atoms with E-state index in [0.717, 1.165) is 131 Å².